The van der Waals surface area contributed by atoms with E-state index >= 15 is 0 Å². The zero-order chi connectivity index (χ0) is 27.6. The number of ether oxygens (including phenoxy) is 3. The van der Waals surface area contributed by atoms with Gasteiger partial charge < -0.3 is 24.4 Å². The zero-order valence-corrected chi connectivity index (χ0v) is 22.1. The van der Waals surface area contributed by atoms with Crippen LogP contribution in [0.1, 0.15) is 42.1 Å². The first kappa shape index (κ1) is 26.6. The zero-order valence-electron chi connectivity index (χ0n) is 22.1. The smallest absolute Gasteiger partial charge is 0.300 e. The number of hydrogen-bond donors (Lipinski definition) is 2. The Balaban J connectivity index is 1.95. The van der Waals surface area contributed by atoms with Crippen molar-refractivity contribution in [3.05, 3.63) is 82.4 Å². The lowest BCUT2D eigenvalue weighted by Gasteiger charge is -2.26. The van der Waals surface area contributed by atoms with E-state index in [9.17, 15) is 19.8 Å². The van der Waals surface area contributed by atoms with Crippen molar-refractivity contribution in [2.75, 3.05) is 25.2 Å². The first-order valence-corrected chi connectivity index (χ1v) is 12.4. The van der Waals surface area contributed by atoms with E-state index in [1.807, 2.05) is 20.8 Å². The number of aromatic hydroxyl groups is 1. The molecule has 38 heavy (non-hydrogen) atoms. The maximum Gasteiger partial charge on any atom is 0.300 e. The van der Waals surface area contributed by atoms with Crippen molar-refractivity contribution in [2.24, 2.45) is 0 Å². The normalized spacial score (nSPS) is 16.6. The van der Waals surface area contributed by atoms with Gasteiger partial charge in [-0.3, -0.25) is 14.5 Å². The van der Waals surface area contributed by atoms with Crippen LogP contribution in [0, 0.1) is 13.8 Å². The second-order valence-electron chi connectivity index (χ2n) is 8.89. The third-order valence-corrected chi connectivity index (χ3v) is 6.46. The average Bonchev–Trinajstić information content (AvgIpc) is 3.16. The minimum Gasteiger partial charge on any atom is -0.508 e. The lowest BCUT2D eigenvalue weighted by Crippen LogP contribution is -2.29. The van der Waals surface area contributed by atoms with Crippen LogP contribution in [-0.4, -0.2) is 42.2 Å². The number of anilines is 1. The molecule has 1 aliphatic rings. The van der Waals surface area contributed by atoms with Crippen LogP contribution in [-0.2, 0) is 9.59 Å². The van der Waals surface area contributed by atoms with Gasteiger partial charge in [-0.25, -0.2) is 0 Å². The summed E-state index contributed by atoms with van der Waals surface area (Å²) < 4.78 is 16.8. The Morgan fingerprint density at radius 1 is 0.868 bits per heavy atom. The van der Waals surface area contributed by atoms with Gasteiger partial charge >= 0.3 is 0 Å². The number of rotatable bonds is 8. The summed E-state index contributed by atoms with van der Waals surface area (Å²) >= 11 is 0. The van der Waals surface area contributed by atoms with Crippen molar-refractivity contribution in [3.8, 4) is 23.0 Å². The number of carbonyl (C=O) groups is 2. The number of ketones is 1. The summed E-state index contributed by atoms with van der Waals surface area (Å²) in [5, 5.41) is 21.4. The van der Waals surface area contributed by atoms with Crippen molar-refractivity contribution in [1.29, 1.82) is 0 Å². The summed E-state index contributed by atoms with van der Waals surface area (Å²) in [4.78, 5) is 28.4. The standard InChI is InChI=1S/C30H31NO7/c1-6-37-23-13-10-20(16-25(23)38-7-2)31-27(19-8-11-21(32)12-9-19)26(29(34)30(31)35)28(33)22-14-18(4)24(36-5)15-17(22)3/h8-16,27,32-33H,6-7H2,1-5H3/b28-26+. The van der Waals surface area contributed by atoms with Crippen LogP contribution in [0.2, 0.25) is 0 Å². The van der Waals surface area contributed by atoms with Gasteiger partial charge in [0.15, 0.2) is 11.5 Å². The molecule has 1 aliphatic heterocycles. The first-order chi connectivity index (χ1) is 18.2. The molecular weight excluding hydrogens is 486 g/mol. The van der Waals surface area contributed by atoms with Crippen molar-refractivity contribution in [1.82, 2.24) is 0 Å². The molecule has 0 spiro atoms. The van der Waals surface area contributed by atoms with E-state index in [1.165, 1.54) is 17.0 Å². The van der Waals surface area contributed by atoms with Gasteiger partial charge in [0.25, 0.3) is 11.7 Å². The predicted octanol–water partition coefficient (Wildman–Crippen LogP) is 5.44. The monoisotopic (exact) mass is 517 g/mol. The number of carbonyl (C=O) groups excluding carboxylic acids is 2. The molecule has 1 unspecified atom stereocenters. The Kier molecular flexibility index (Phi) is 7.62. The van der Waals surface area contributed by atoms with Crippen LogP contribution in [0.3, 0.4) is 0 Å². The Hall–Kier alpha value is -4.46. The number of aliphatic hydroxyl groups excluding tert-OH is 1. The second kappa shape index (κ2) is 10.9. The molecule has 0 aliphatic carbocycles. The molecule has 1 amide bonds. The number of benzene rings is 3. The summed E-state index contributed by atoms with van der Waals surface area (Å²) in [7, 11) is 1.56. The van der Waals surface area contributed by atoms with Crippen molar-refractivity contribution in [3.63, 3.8) is 0 Å². The van der Waals surface area contributed by atoms with Crippen molar-refractivity contribution in [2.45, 2.75) is 33.7 Å². The van der Waals surface area contributed by atoms with Crippen LogP contribution in [0.15, 0.2) is 60.2 Å². The molecule has 4 rings (SSSR count). The van der Waals surface area contributed by atoms with E-state index in [1.54, 1.807) is 56.5 Å². The molecule has 1 saturated heterocycles. The third kappa shape index (κ3) is 4.77. The van der Waals surface area contributed by atoms with Crippen molar-refractivity contribution < 1.29 is 34.0 Å². The van der Waals surface area contributed by atoms with Crippen LogP contribution in [0.4, 0.5) is 5.69 Å². The fourth-order valence-electron chi connectivity index (χ4n) is 4.67. The summed E-state index contributed by atoms with van der Waals surface area (Å²) in [6.45, 7) is 8.13. The third-order valence-electron chi connectivity index (χ3n) is 6.46. The number of amides is 1. The largest absolute Gasteiger partial charge is 0.508 e. The molecule has 0 bridgehead atoms. The average molecular weight is 518 g/mol. The molecule has 2 N–H and O–H groups in total. The quantitative estimate of drug-likeness (QED) is 0.233. The number of phenols is 1. The first-order valence-electron chi connectivity index (χ1n) is 12.4. The van der Waals surface area contributed by atoms with Gasteiger partial charge in [0.05, 0.1) is 31.9 Å². The Morgan fingerprint density at radius 2 is 1.53 bits per heavy atom. The van der Waals surface area contributed by atoms with E-state index in [0.29, 0.717) is 52.8 Å². The summed E-state index contributed by atoms with van der Waals surface area (Å²) in [5.41, 5.74) is 2.76. The van der Waals surface area contributed by atoms with Crippen molar-refractivity contribution >= 4 is 23.1 Å². The molecule has 1 heterocycles. The number of aliphatic hydroxyl groups is 1. The van der Waals surface area contributed by atoms with Crippen LogP contribution in [0.25, 0.3) is 5.76 Å². The van der Waals surface area contributed by atoms with Crippen LogP contribution < -0.4 is 19.1 Å². The Morgan fingerprint density at radius 3 is 2.16 bits per heavy atom. The van der Waals surface area contributed by atoms with E-state index < -0.39 is 17.7 Å². The van der Waals surface area contributed by atoms with E-state index in [-0.39, 0.29) is 17.1 Å². The summed E-state index contributed by atoms with van der Waals surface area (Å²) in [6.07, 6.45) is 0. The molecule has 0 saturated carbocycles. The molecule has 0 aromatic heterocycles. The molecule has 1 fully saturated rings. The fraction of sp³-hybridized carbons (Fsp3) is 0.267. The second-order valence-corrected chi connectivity index (χ2v) is 8.89. The van der Waals surface area contributed by atoms with E-state index in [4.69, 9.17) is 14.2 Å². The Labute approximate surface area is 221 Å². The van der Waals surface area contributed by atoms with Gasteiger partial charge in [0.2, 0.25) is 0 Å². The summed E-state index contributed by atoms with van der Waals surface area (Å²) in [6, 6.07) is 13.8. The molecule has 0 radical (unpaired) electrons. The molecule has 3 aromatic carbocycles. The topological polar surface area (TPSA) is 106 Å². The maximum absolute atomic E-state index is 13.5. The lowest BCUT2D eigenvalue weighted by molar-refractivity contribution is -0.132. The molecule has 198 valence electrons. The van der Waals surface area contributed by atoms with E-state index in [2.05, 4.69) is 0 Å². The minimum atomic E-state index is -0.954. The highest BCUT2D eigenvalue weighted by molar-refractivity contribution is 6.51. The van der Waals surface area contributed by atoms with Gasteiger partial charge in [0.1, 0.15) is 17.3 Å². The molecule has 1 atom stereocenters. The lowest BCUT2D eigenvalue weighted by atomic mass is 9.93. The highest BCUT2D eigenvalue weighted by Gasteiger charge is 2.47. The van der Waals surface area contributed by atoms with Gasteiger partial charge in [-0.1, -0.05) is 12.1 Å². The number of hydrogen-bond acceptors (Lipinski definition) is 7. The number of nitrogens with zero attached hydrogens (tertiary/aromatic N) is 1. The molecular formula is C30H31NO7. The van der Waals surface area contributed by atoms with Gasteiger partial charge in [0, 0.05) is 17.3 Å². The highest BCUT2D eigenvalue weighted by Crippen LogP contribution is 2.45. The molecule has 8 nitrogen and oxygen atoms in total. The number of methoxy groups -OCH3 is 1. The minimum absolute atomic E-state index is 0.0343. The highest BCUT2D eigenvalue weighted by atomic mass is 16.5. The number of Topliss-reactive ketones (excluding diaryl/α,β-unsaturated/α-hetero) is 1. The fourth-order valence-corrected chi connectivity index (χ4v) is 4.67. The summed E-state index contributed by atoms with van der Waals surface area (Å²) in [5.74, 6) is -0.276. The van der Waals surface area contributed by atoms with Crippen LogP contribution in [0.5, 0.6) is 23.0 Å². The molecule has 3 aromatic rings. The van der Waals surface area contributed by atoms with Gasteiger partial charge in [-0.2, -0.15) is 0 Å². The van der Waals surface area contributed by atoms with E-state index in [0.717, 1.165) is 5.56 Å². The van der Waals surface area contributed by atoms with Gasteiger partial charge in [-0.15, -0.1) is 0 Å². The number of aryl methyl sites for hydroxylation is 2. The van der Waals surface area contributed by atoms with Gasteiger partial charge in [-0.05, 0) is 80.8 Å². The number of phenolic OH excluding ortho intramolecular Hbond substituents is 1. The predicted molar refractivity (Wildman–Crippen MR) is 144 cm³/mol. The Bertz CT molecular complexity index is 1410. The molecule has 8 heteroatoms. The SMILES string of the molecule is CCOc1ccc(N2C(=O)C(=O)/C(=C(/O)c3cc(C)c(OC)cc3C)C2c2ccc(O)cc2)cc1OCC. The maximum atomic E-state index is 13.5. The van der Waals surface area contributed by atoms with Crippen LogP contribution >= 0.6 is 0 Å².